The Labute approximate surface area is 84.6 Å². The summed E-state index contributed by atoms with van der Waals surface area (Å²) in [5.41, 5.74) is -0.708. The summed E-state index contributed by atoms with van der Waals surface area (Å²) in [6, 6.07) is 0. The predicted molar refractivity (Wildman–Crippen MR) is 52.8 cm³/mol. The Kier molecular flexibility index (Phi) is 12.6. The molecular weight excluding hydrogens is 188 g/mol. The lowest BCUT2D eigenvalue weighted by Crippen LogP contribution is -2.29. The molecule has 0 aromatic rings. The lowest BCUT2D eigenvalue weighted by molar-refractivity contribution is 0.0200. The molecule has 0 bridgehead atoms. The van der Waals surface area contributed by atoms with Crippen LogP contribution in [0.5, 0.6) is 0 Å². The van der Waals surface area contributed by atoms with Gasteiger partial charge >= 0.3 is 0 Å². The Morgan fingerprint density at radius 3 is 1.07 bits per heavy atom. The van der Waals surface area contributed by atoms with Crippen LogP contribution < -0.4 is 0 Å². The van der Waals surface area contributed by atoms with Gasteiger partial charge in [0, 0.05) is 18.6 Å². The molecule has 0 radical (unpaired) electrons. The molecule has 0 saturated carbocycles. The van der Waals surface area contributed by atoms with Gasteiger partial charge in [0.15, 0.2) is 0 Å². The van der Waals surface area contributed by atoms with Gasteiger partial charge in [-0.2, -0.15) is 0 Å². The van der Waals surface area contributed by atoms with Gasteiger partial charge in [0.1, 0.15) is 0 Å². The second-order valence-corrected chi connectivity index (χ2v) is 3.44. The van der Waals surface area contributed by atoms with E-state index in [1.807, 2.05) is 0 Å². The molecule has 0 aliphatic carbocycles. The highest BCUT2D eigenvalue weighted by atomic mass is 16.3. The Morgan fingerprint density at radius 1 is 0.714 bits per heavy atom. The van der Waals surface area contributed by atoms with Crippen molar-refractivity contribution in [1.29, 1.82) is 0 Å². The van der Waals surface area contributed by atoms with Gasteiger partial charge < -0.3 is 25.5 Å². The van der Waals surface area contributed by atoms with Crippen LogP contribution in [0.15, 0.2) is 0 Å². The molecule has 14 heavy (non-hydrogen) atoms. The first-order valence-corrected chi connectivity index (χ1v) is 4.64. The molecule has 88 valence electrons. The third-order valence-electron chi connectivity index (χ3n) is 1.71. The largest absolute Gasteiger partial charge is 0.396 e. The molecule has 0 saturated heterocycles. The van der Waals surface area contributed by atoms with Crippen LogP contribution in [-0.2, 0) is 0 Å². The fourth-order valence-electron chi connectivity index (χ4n) is 0.374. The van der Waals surface area contributed by atoms with Gasteiger partial charge in [-0.05, 0) is 12.8 Å². The first-order valence-electron chi connectivity index (χ1n) is 4.64. The van der Waals surface area contributed by atoms with Crippen molar-refractivity contribution < 1.29 is 25.5 Å². The molecule has 0 spiro atoms. The van der Waals surface area contributed by atoms with Crippen LogP contribution in [0.4, 0.5) is 0 Å². The van der Waals surface area contributed by atoms with Crippen molar-refractivity contribution in [2.45, 2.75) is 19.8 Å². The second kappa shape index (κ2) is 10.9. The maximum absolute atomic E-state index is 8.47. The Bertz CT molecular complexity index is 91.1. The molecule has 0 unspecified atom stereocenters. The van der Waals surface area contributed by atoms with Gasteiger partial charge in [-0.3, -0.25) is 0 Å². The molecule has 0 atom stereocenters. The van der Waals surface area contributed by atoms with Crippen LogP contribution in [-0.4, -0.2) is 58.6 Å². The van der Waals surface area contributed by atoms with Crippen LogP contribution in [0, 0.1) is 5.41 Å². The smallest absolute Gasteiger partial charge is 0.0528 e. The van der Waals surface area contributed by atoms with Crippen molar-refractivity contribution in [1.82, 2.24) is 0 Å². The molecule has 5 N–H and O–H groups in total. The van der Waals surface area contributed by atoms with E-state index in [9.17, 15) is 0 Å². The van der Waals surface area contributed by atoms with Crippen molar-refractivity contribution >= 4 is 0 Å². The molecular formula is C9H22O5. The zero-order valence-electron chi connectivity index (χ0n) is 8.69. The van der Waals surface area contributed by atoms with Crippen molar-refractivity contribution in [2.75, 3.05) is 33.0 Å². The van der Waals surface area contributed by atoms with Gasteiger partial charge in [-0.1, -0.05) is 6.92 Å². The van der Waals surface area contributed by atoms with E-state index in [0.29, 0.717) is 0 Å². The summed E-state index contributed by atoms with van der Waals surface area (Å²) in [6.07, 6.45) is 1.44. The summed E-state index contributed by atoms with van der Waals surface area (Å²) in [7, 11) is 0. The summed E-state index contributed by atoms with van der Waals surface area (Å²) >= 11 is 0. The third kappa shape index (κ3) is 9.88. The molecule has 5 heteroatoms. The van der Waals surface area contributed by atoms with Crippen LogP contribution in [0.2, 0.25) is 0 Å². The molecule has 0 fully saturated rings. The van der Waals surface area contributed by atoms with E-state index in [-0.39, 0.29) is 33.0 Å². The lowest BCUT2D eigenvalue weighted by atomic mass is 9.95. The highest BCUT2D eigenvalue weighted by Gasteiger charge is 2.20. The molecule has 0 aliphatic heterocycles. The van der Waals surface area contributed by atoms with Gasteiger partial charge in [0.2, 0.25) is 0 Å². The molecule has 0 rings (SSSR count). The minimum Gasteiger partial charge on any atom is -0.396 e. The van der Waals surface area contributed by atoms with Crippen molar-refractivity contribution in [3.8, 4) is 0 Å². The zero-order valence-corrected chi connectivity index (χ0v) is 8.69. The quantitative estimate of drug-likeness (QED) is 0.352. The van der Waals surface area contributed by atoms with Crippen LogP contribution in [0.25, 0.3) is 0 Å². The molecule has 0 aromatic heterocycles. The van der Waals surface area contributed by atoms with Crippen LogP contribution in [0.3, 0.4) is 0 Å². The average molecular weight is 210 g/mol. The summed E-state index contributed by atoms with van der Waals surface area (Å²) in [4.78, 5) is 0. The second-order valence-electron chi connectivity index (χ2n) is 3.44. The summed E-state index contributed by atoms with van der Waals surface area (Å²) in [5.74, 6) is 0. The SMILES string of the molecule is CC(CO)(CO)CO.OCCCCO. The van der Waals surface area contributed by atoms with E-state index in [1.165, 1.54) is 0 Å². The minimum absolute atomic E-state index is 0.181. The topological polar surface area (TPSA) is 101 Å². The maximum atomic E-state index is 8.47. The van der Waals surface area contributed by atoms with E-state index < -0.39 is 5.41 Å². The highest BCUT2D eigenvalue weighted by Crippen LogP contribution is 2.10. The molecule has 0 aliphatic rings. The first-order chi connectivity index (χ1) is 6.60. The molecule has 0 heterocycles. The van der Waals surface area contributed by atoms with E-state index in [4.69, 9.17) is 25.5 Å². The zero-order chi connectivity index (χ0) is 11.4. The van der Waals surface area contributed by atoms with Gasteiger partial charge in [0.05, 0.1) is 19.8 Å². The van der Waals surface area contributed by atoms with E-state index in [2.05, 4.69) is 0 Å². The predicted octanol–water partition coefficient (Wildman–Crippen LogP) is -1.28. The Hall–Kier alpha value is -0.200. The number of rotatable bonds is 6. The van der Waals surface area contributed by atoms with Gasteiger partial charge in [-0.15, -0.1) is 0 Å². The molecule has 0 aromatic carbocycles. The summed E-state index contributed by atoms with van der Waals surface area (Å²) in [6.45, 7) is 1.45. The summed E-state index contributed by atoms with van der Waals surface area (Å²) < 4.78 is 0. The average Bonchev–Trinajstić information content (AvgIpc) is 2.26. The van der Waals surface area contributed by atoms with E-state index in [1.54, 1.807) is 6.92 Å². The normalized spacial score (nSPS) is 10.7. The van der Waals surface area contributed by atoms with Gasteiger partial charge in [-0.25, -0.2) is 0 Å². The van der Waals surface area contributed by atoms with Crippen LogP contribution in [0.1, 0.15) is 19.8 Å². The Balaban J connectivity index is 0. The van der Waals surface area contributed by atoms with Crippen molar-refractivity contribution in [3.05, 3.63) is 0 Å². The number of unbranched alkanes of at least 4 members (excludes halogenated alkanes) is 1. The number of aliphatic hydroxyl groups excluding tert-OH is 5. The van der Waals surface area contributed by atoms with Gasteiger partial charge in [0.25, 0.3) is 0 Å². The number of aliphatic hydroxyl groups is 5. The molecule has 5 nitrogen and oxygen atoms in total. The minimum atomic E-state index is -0.708. The third-order valence-corrected chi connectivity index (χ3v) is 1.71. The maximum Gasteiger partial charge on any atom is 0.0528 e. The standard InChI is InChI=1S/C5H12O3.C4H10O2/c1-5(2-6,3-7)4-8;5-3-1-2-4-6/h6-8H,2-4H2,1H3;5-6H,1-4H2. The van der Waals surface area contributed by atoms with Crippen LogP contribution >= 0.6 is 0 Å². The van der Waals surface area contributed by atoms with Crippen molar-refractivity contribution in [2.24, 2.45) is 5.41 Å². The number of hydrogen-bond donors (Lipinski definition) is 5. The van der Waals surface area contributed by atoms with Crippen molar-refractivity contribution in [3.63, 3.8) is 0 Å². The number of hydrogen-bond acceptors (Lipinski definition) is 5. The first kappa shape index (κ1) is 16.2. The Morgan fingerprint density at radius 2 is 1.00 bits per heavy atom. The highest BCUT2D eigenvalue weighted by molar-refractivity contribution is 4.69. The monoisotopic (exact) mass is 210 g/mol. The lowest BCUT2D eigenvalue weighted by Gasteiger charge is -2.20. The molecule has 0 amide bonds. The fraction of sp³-hybridized carbons (Fsp3) is 1.00. The summed E-state index contributed by atoms with van der Waals surface area (Å²) in [5, 5.41) is 41.6. The van der Waals surface area contributed by atoms with E-state index >= 15 is 0 Å². The van der Waals surface area contributed by atoms with E-state index in [0.717, 1.165) is 12.8 Å². The fourth-order valence-corrected chi connectivity index (χ4v) is 0.374.